The van der Waals surface area contributed by atoms with Crippen LogP contribution in [0.3, 0.4) is 0 Å². The van der Waals surface area contributed by atoms with Gasteiger partial charge in [-0.2, -0.15) is 0 Å². The summed E-state index contributed by atoms with van der Waals surface area (Å²) in [6.07, 6.45) is 0. The number of amides is 1. The van der Waals surface area contributed by atoms with Gasteiger partial charge in [-0.25, -0.2) is 4.39 Å². The van der Waals surface area contributed by atoms with E-state index in [-0.39, 0.29) is 11.7 Å². The molecule has 0 spiro atoms. The highest BCUT2D eigenvalue weighted by molar-refractivity contribution is 14.1. The molecule has 92 valence electrons. The minimum absolute atomic E-state index is 0.271. The number of hydrogen-bond donors (Lipinski definition) is 2. The molecule has 1 N–H and O–H groups in total. The molecule has 0 aromatic heterocycles. The summed E-state index contributed by atoms with van der Waals surface area (Å²) in [6.45, 7) is 0. The minimum Gasteiger partial charge on any atom is -0.321 e. The topological polar surface area (TPSA) is 29.1 Å². The first-order valence-electron chi connectivity index (χ1n) is 5.12. The normalized spacial score (nSPS) is 10.2. The van der Waals surface area contributed by atoms with E-state index in [0.29, 0.717) is 14.8 Å². The molecule has 0 heterocycles. The summed E-state index contributed by atoms with van der Waals surface area (Å²) in [5.74, 6) is -0.619. The zero-order valence-electron chi connectivity index (χ0n) is 9.15. The lowest BCUT2D eigenvalue weighted by Crippen LogP contribution is -2.13. The summed E-state index contributed by atoms with van der Waals surface area (Å²) in [6, 6.07) is 11.4. The Kier molecular flexibility index (Phi) is 4.23. The number of carbonyl (C=O) groups is 1. The Morgan fingerprint density at radius 1 is 1.17 bits per heavy atom. The van der Waals surface area contributed by atoms with Crippen molar-refractivity contribution in [1.29, 1.82) is 0 Å². The third kappa shape index (κ3) is 3.02. The molecule has 0 saturated heterocycles. The maximum Gasteiger partial charge on any atom is 0.255 e. The SMILES string of the molecule is O=C(Nc1cccc(F)c1I)c1ccc(S)cc1. The fourth-order valence-electron chi connectivity index (χ4n) is 1.41. The number of hydrogen-bond acceptors (Lipinski definition) is 2. The third-order valence-electron chi connectivity index (χ3n) is 2.33. The van der Waals surface area contributed by atoms with Crippen LogP contribution >= 0.6 is 35.2 Å². The van der Waals surface area contributed by atoms with E-state index in [1.807, 2.05) is 22.6 Å². The second-order valence-corrected chi connectivity index (χ2v) is 5.20. The number of carbonyl (C=O) groups excluding carboxylic acids is 1. The Bertz CT molecular complexity index is 586. The lowest BCUT2D eigenvalue weighted by molar-refractivity contribution is 0.102. The van der Waals surface area contributed by atoms with E-state index >= 15 is 0 Å². The van der Waals surface area contributed by atoms with E-state index < -0.39 is 0 Å². The number of halogens is 2. The summed E-state index contributed by atoms with van der Waals surface area (Å²) in [4.78, 5) is 12.7. The summed E-state index contributed by atoms with van der Waals surface area (Å²) >= 11 is 6.01. The average molecular weight is 373 g/mol. The first kappa shape index (κ1) is 13.4. The standard InChI is InChI=1S/C13H9FINOS/c14-10-2-1-3-11(12(10)15)16-13(17)8-4-6-9(18)7-5-8/h1-7,18H,(H,16,17). The summed E-state index contributed by atoms with van der Waals surface area (Å²) in [5, 5.41) is 2.68. The van der Waals surface area contributed by atoms with Crippen molar-refractivity contribution < 1.29 is 9.18 Å². The van der Waals surface area contributed by atoms with Crippen LogP contribution in [0.4, 0.5) is 10.1 Å². The van der Waals surface area contributed by atoms with Crippen LogP contribution in [0.2, 0.25) is 0 Å². The van der Waals surface area contributed by atoms with Gasteiger partial charge in [-0.15, -0.1) is 12.6 Å². The van der Waals surface area contributed by atoms with Crippen molar-refractivity contribution in [2.24, 2.45) is 0 Å². The van der Waals surface area contributed by atoms with E-state index in [1.165, 1.54) is 6.07 Å². The van der Waals surface area contributed by atoms with Crippen LogP contribution in [0.5, 0.6) is 0 Å². The number of nitrogens with one attached hydrogen (secondary N) is 1. The number of rotatable bonds is 2. The number of thiol groups is 1. The minimum atomic E-state index is -0.348. The van der Waals surface area contributed by atoms with Gasteiger partial charge in [-0.3, -0.25) is 4.79 Å². The molecule has 0 aliphatic rings. The molecule has 0 aliphatic heterocycles. The molecule has 0 saturated carbocycles. The van der Waals surface area contributed by atoms with Crippen LogP contribution in [0.1, 0.15) is 10.4 Å². The molecule has 0 bridgehead atoms. The number of anilines is 1. The largest absolute Gasteiger partial charge is 0.321 e. The highest BCUT2D eigenvalue weighted by Crippen LogP contribution is 2.21. The predicted molar refractivity (Wildman–Crippen MR) is 80.8 cm³/mol. The molecule has 0 atom stereocenters. The summed E-state index contributed by atoms with van der Waals surface area (Å²) < 4.78 is 13.7. The average Bonchev–Trinajstić information content (AvgIpc) is 2.36. The Morgan fingerprint density at radius 2 is 1.83 bits per heavy atom. The van der Waals surface area contributed by atoms with E-state index in [2.05, 4.69) is 17.9 Å². The van der Waals surface area contributed by atoms with Gasteiger partial charge < -0.3 is 5.32 Å². The lowest BCUT2D eigenvalue weighted by atomic mass is 10.2. The van der Waals surface area contributed by atoms with Crippen molar-refractivity contribution in [3.63, 3.8) is 0 Å². The highest BCUT2D eigenvalue weighted by Gasteiger charge is 2.10. The quantitative estimate of drug-likeness (QED) is 0.606. The molecule has 2 aromatic rings. The zero-order valence-corrected chi connectivity index (χ0v) is 12.2. The second kappa shape index (κ2) is 5.71. The van der Waals surface area contributed by atoms with Crippen molar-refractivity contribution in [1.82, 2.24) is 0 Å². The molecule has 2 aromatic carbocycles. The molecular weight excluding hydrogens is 364 g/mol. The molecule has 0 unspecified atom stereocenters. The van der Waals surface area contributed by atoms with Crippen LogP contribution in [-0.2, 0) is 0 Å². The number of benzene rings is 2. The molecule has 0 aliphatic carbocycles. The summed E-state index contributed by atoms with van der Waals surface area (Å²) in [7, 11) is 0. The summed E-state index contributed by atoms with van der Waals surface area (Å²) in [5.41, 5.74) is 0.975. The fraction of sp³-hybridized carbons (Fsp3) is 0. The van der Waals surface area contributed by atoms with E-state index in [9.17, 15) is 9.18 Å². The van der Waals surface area contributed by atoms with Gasteiger partial charge in [0.25, 0.3) is 5.91 Å². The van der Waals surface area contributed by atoms with E-state index in [1.54, 1.807) is 36.4 Å². The van der Waals surface area contributed by atoms with Crippen LogP contribution in [0.25, 0.3) is 0 Å². The van der Waals surface area contributed by atoms with Crippen molar-refractivity contribution in [2.75, 3.05) is 5.32 Å². The highest BCUT2D eigenvalue weighted by atomic mass is 127. The Labute approximate surface area is 123 Å². The molecule has 0 fully saturated rings. The molecule has 2 nitrogen and oxygen atoms in total. The van der Waals surface area contributed by atoms with Crippen molar-refractivity contribution in [2.45, 2.75) is 4.90 Å². The van der Waals surface area contributed by atoms with Crippen molar-refractivity contribution >= 4 is 46.8 Å². The third-order valence-corrected chi connectivity index (χ3v) is 3.72. The molecule has 2 rings (SSSR count). The molecule has 5 heteroatoms. The Balaban J connectivity index is 2.21. The van der Waals surface area contributed by atoms with Crippen LogP contribution in [0.15, 0.2) is 47.4 Å². The maximum atomic E-state index is 13.3. The Hall–Kier alpha value is -1.08. The predicted octanol–water partition coefficient (Wildman–Crippen LogP) is 3.97. The first-order valence-corrected chi connectivity index (χ1v) is 6.65. The van der Waals surface area contributed by atoms with E-state index in [0.717, 1.165) is 4.90 Å². The fourth-order valence-corrected chi connectivity index (χ4v) is 2.05. The van der Waals surface area contributed by atoms with Crippen molar-refractivity contribution in [3.8, 4) is 0 Å². The van der Waals surface area contributed by atoms with Crippen LogP contribution < -0.4 is 5.32 Å². The van der Waals surface area contributed by atoms with Gasteiger partial charge in [0.15, 0.2) is 0 Å². The smallest absolute Gasteiger partial charge is 0.255 e. The van der Waals surface area contributed by atoms with Crippen LogP contribution in [0, 0.1) is 9.39 Å². The van der Waals surface area contributed by atoms with Gasteiger partial charge in [0, 0.05) is 10.5 Å². The first-order chi connectivity index (χ1) is 8.58. The lowest BCUT2D eigenvalue weighted by Gasteiger charge is -2.08. The maximum absolute atomic E-state index is 13.3. The van der Waals surface area contributed by atoms with Gasteiger partial charge in [-0.1, -0.05) is 6.07 Å². The van der Waals surface area contributed by atoms with Gasteiger partial charge in [0.1, 0.15) is 5.82 Å². The molecule has 1 amide bonds. The monoisotopic (exact) mass is 373 g/mol. The van der Waals surface area contributed by atoms with Gasteiger partial charge in [0.2, 0.25) is 0 Å². The van der Waals surface area contributed by atoms with Crippen LogP contribution in [-0.4, -0.2) is 5.91 Å². The van der Waals surface area contributed by atoms with Gasteiger partial charge >= 0.3 is 0 Å². The van der Waals surface area contributed by atoms with Crippen molar-refractivity contribution in [3.05, 3.63) is 57.4 Å². The second-order valence-electron chi connectivity index (χ2n) is 3.60. The Morgan fingerprint density at radius 3 is 2.50 bits per heavy atom. The van der Waals surface area contributed by atoms with Gasteiger partial charge in [-0.05, 0) is 59.0 Å². The zero-order chi connectivity index (χ0) is 13.1. The molecular formula is C13H9FINOS. The van der Waals surface area contributed by atoms with E-state index in [4.69, 9.17) is 0 Å². The van der Waals surface area contributed by atoms with Gasteiger partial charge in [0.05, 0.1) is 9.26 Å². The molecule has 18 heavy (non-hydrogen) atoms. The molecule has 0 radical (unpaired) electrons.